The van der Waals surface area contributed by atoms with E-state index in [1.54, 1.807) is 48.7 Å². The number of pyridine rings is 2. The molecule has 0 saturated heterocycles. The number of benzene rings is 1. The Morgan fingerprint density at radius 3 is 2.83 bits per heavy atom. The summed E-state index contributed by atoms with van der Waals surface area (Å²) < 4.78 is 0. The molecule has 0 aliphatic carbocycles. The molecule has 6 N–H and O–H groups in total. The number of H-pyrrole nitrogens is 1. The van der Waals surface area contributed by atoms with Crippen LogP contribution in [0.1, 0.15) is 10.5 Å². The average Bonchev–Trinajstić information content (AvgIpc) is 3.15. The number of nitrogens with two attached hydrogens (primary N) is 1. The molecule has 4 rings (SSSR count). The number of carbonyl (C=O) groups excluding carboxylic acids is 1. The first-order chi connectivity index (χ1) is 14.1. The fourth-order valence-corrected chi connectivity index (χ4v) is 2.82. The molecule has 0 spiro atoms. The van der Waals surface area contributed by atoms with Crippen LogP contribution in [-0.4, -0.2) is 44.1 Å². The van der Waals surface area contributed by atoms with Gasteiger partial charge in [0.2, 0.25) is 5.95 Å². The highest BCUT2D eigenvalue weighted by Gasteiger charge is 2.11. The van der Waals surface area contributed by atoms with Crippen molar-refractivity contribution in [1.82, 2.24) is 19.9 Å². The maximum Gasteiger partial charge on any atom is 0.274 e. The number of aliphatic hydroxyl groups excluding tert-OH is 1. The van der Waals surface area contributed by atoms with Gasteiger partial charge in [-0.3, -0.25) is 4.79 Å². The highest BCUT2D eigenvalue weighted by atomic mass is 16.3. The van der Waals surface area contributed by atoms with E-state index in [-0.39, 0.29) is 18.2 Å². The van der Waals surface area contributed by atoms with Gasteiger partial charge in [-0.05, 0) is 42.5 Å². The van der Waals surface area contributed by atoms with Crippen LogP contribution in [-0.2, 0) is 0 Å². The zero-order valence-corrected chi connectivity index (χ0v) is 15.4. The van der Waals surface area contributed by atoms with Crippen molar-refractivity contribution < 1.29 is 9.90 Å². The van der Waals surface area contributed by atoms with Gasteiger partial charge >= 0.3 is 0 Å². The fourth-order valence-electron chi connectivity index (χ4n) is 2.82. The predicted octanol–water partition coefficient (Wildman–Crippen LogP) is 2.26. The van der Waals surface area contributed by atoms with E-state index < -0.39 is 0 Å². The van der Waals surface area contributed by atoms with Gasteiger partial charge in [0.15, 0.2) is 0 Å². The van der Waals surface area contributed by atoms with Crippen LogP contribution in [0.2, 0.25) is 0 Å². The van der Waals surface area contributed by atoms with E-state index in [0.29, 0.717) is 29.7 Å². The van der Waals surface area contributed by atoms with E-state index in [1.807, 2.05) is 6.07 Å². The van der Waals surface area contributed by atoms with Crippen LogP contribution in [0.25, 0.3) is 22.3 Å². The monoisotopic (exact) mass is 389 g/mol. The van der Waals surface area contributed by atoms with Crippen LogP contribution in [0.15, 0.2) is 54.7 Å². The number of fused-ring (bicyclic) bond motifs is 1. The molecule has 0 aliphatic rings. The number of carbonyl (C=O) groups is 1. The summed E-state index contributed by atoms with van der Waals surface area (Å²) in [5, 5.41) is 14.7. The number of aromatic nitrogens is 4. The summed E-state index contributed by atoms with van der Waals surface area (Å²) in [6.45, 7) is 0.409. The molecular weight excluding hydrogens is 370 g/mol. The molecular formula is C20H19N7O2. The Morgan fingerprint density at radius 2 is 2.03 bits per heavy atom. The molecule has 1 aromatic carbocycles. The Morgan fingerprint density at radius 1 is 1.14 bits per heavy atom. The van der Waals surface area contributed by atoms with E-state index in [4.69, 9.17) is 10.8 Å². The SMILES string of the molecule is Nc1ccc(-c2cccc(C(=O)Nc3ccc4nc(NCCO)[nH]c4c3)n2)cn1. The fraction of sp³-hybridized carbons (Fsp3) is 0.100. The Bertz CT molecular complexity index is 1160. The van der Waals surface area contributed by atoms with Crippen LogP contribution in [0.3, 0.4) is 0 Å². The third-order valence-electron chi connectivity index (χ3n) is 4.21. The van der Waals surface area contributed by atoms with Crippen molar-refractivity contribution in [2.45, 2.75) is 0 Å². The van der Waals surface area contributed by atoms with Gasteiger partial charge in [0, 0.05) is 24.0 Å². The minimum Gasteiger partial charge on any atom is -0.395 e. The number of rotatable bonds is 6. The highest BCUT2D eigenvalue weighted by Crippen LogP contribution is 2.21. The molecule has 146 valence electrons. The molecule has 9 nitrogen and oxygen atoms in total. The summed E-state index contributed by atoms with van der Waals surface area (Å²) in [6.07, 6.45) is 1.62. The molecule has 0 radical (unpaired) electrons. The molecule has 0 atom stereocenters. The second-order valence-corrected chi connectivity index (χ2v) is 6.30. The normalized spacial score (nSPS) is 10.8. The summed E-state index contributed by atoms with van der Waals surface area (Å²) >= 11 is 0. The molecule has 3 heterocycles. The van der Waals surface area contributed by atoms with Gasteiger partial charge in [0.25, 0.3) is 5.91 Å². The van der Waals surface area contributed by atoms with Crippen molar-refractivity contribution in [3.63, 3.8) is 0 Å². The van der Waals surface area contributed by atoms with E-state index in [0.717, 1.165) is 16.6 Å². The molecule has 0 bridgehead atoms. The van der Waals surface area contributed by atoms with Crippen LogP contribution >= 0.6 is 0 Å². The molecule has 9 heteroatoms. The van der Waals surface area contributed by atoms with Crippen molar-refractivity contribution in [3.05, 3.63) is 60.4 Å². The quantitative estimate of drug-likeness (QED) is 0.340. The topological polar surface area (TPSA) is 142 Å². The lowest BCUT2D eigenvalue weighted by Crippen LogP contribution is -2.13. The smallest absolute Gasteiger partial charge is 0.274 e. The molecule has 0 unspecified atom stereocenters. The third kappa shape index (κ3) is 4.14. The molecule has 0 saturated carbocycles. The lowest BCUT2D eigenvalue weighted by Gasteiger charge is -2.07. The van der Waals surface area contributed by atoms with E-state index in [9.17, 15) is 4.79 Å². The Hall–Kier alpha value is -3.98. The van der Waals surface area contributed by atoms with Gasteiger partial charge in [-0.1, -0.05) is 6.07 Å². The predicted molar refractivity (Wildman–Crippen MR) is 112 cm³/mol. The number of nitrogens with zero attached hydrogens (tertiary/aromatic N) is 3. The summed E-state index contributed by atoms with van der Waals surface area (Å²) in [4.78, 5) is 28.6. The molecule has 4 aromatic rings. The molecule has 1 amide bonds. The number of nitrogens with one attached hydrogen (secondary N) is 3. The van der Waals surface area contributed by atoms with E-state index in [1.165, 1.54) is 0 Å². The summed E-state index contributed by atoms with van der Waals surface area (Å²) in [7, 11) is 0. The van der Waals surface area contributed by atoms with Crippen LogP contribution in [0.4, 0.5) is 17.5 Å². The van der Waals surface area contributed by atoms with Gasteiger partial charge in [0.1, 0.15) is 11.5 Å². The van der Waals surface area contributed by atoms with Crippen molar-refractivity contribution in [1.29, 1.82) is 0 Å². The van der Waals surface area contributed by atoms with Gasteiger partial charge < -0.3 is 26.5 Å². The molecule has 0 aliphatic heterocycles. The van der Waals surface area contributed by atoms with Gasteiger partial charge in [0.05, 0.1) is 23.3 Å². The van der Waals surface area contributed by atoms with Gasteiger partial charge in [-0.2, -0.15) is 0 Å². The number of hydrogen-bond donors (Lipinski definition) is 5. The number of hydrogen-bond acceptors (Lipinski definition) is 7. The van der Waals surface area contributed by atoms with E-state index >= 15 is 0 Å². The van der Waals surface area contributed by atoms with Crippen molar-refractivity contribution in [2.24, 2.45) is 0 Å². The standard InChI is InChI=1S/C20H19N7O2/c21-18-7-4-12(11-23-18)14-2-1-3-16(25-14)19(29)24-13-5-6-15-17(10-13)27-20(26-15)22-8-9-28/h1-7,10-11,28H,8-9H2,(H2,21,23)(H,24,29)(H2,22,26,27). The first-order valence-electron chi connectivity index (χ1n) is 8.97. The number of aliphatic hydroxyl groups is 1. The average molecular weight is 389 g/mol. The largest absolute Gasteiger partial charge is 0.395 e. The maximum atomic E-state index is 12.7. The first-order valence-corrected chi connectivity index (χ1v) is 8.97. The zero-order chi connectivity index (χ0) is 20.2. The Balaban J connectivity index is 1.53. The van der Waals surface area contributed by atoms with Gasteiger partial charge in [-0.25, -0.2) is 15.0 Å². The highest BCUT2D eigenvalue weighted by molar-refractivity contribution is 6.04. The number of aromatic amines is 1. The molecule has 3 aromatic heterocycles. The lowest BCUT2D eigenvalue weighted by molar-refractivity contribution is 0.102. The second kappa shape index (κ2) is 7.95. The number of anilines is 3. The van der Waals surface area contributed by atoms with E-state index in [2.05, 4.69) is 30.6 Å². The van der Waals surface area contributed by atoms with Crippen LogP contribution < -0.4 is 16.4 Å². The Kier molecular flexibility index (Phi) is 5.04. The number of amides is 1. The summed E-state index contributed by atoms with van der Waals surface area (Å²) in [5.41, 5.74) is 9.43. The second-order valence-electron chi connectivity index (χ2n) is 6.30. The van der Waals surface area contributed by atoms with Crippen LogP contribution in [0.5, 0.6) is 0 Å². The minimum atomic E-state index is -0.326. The lowest BCUT2D eigenvalue weighted by atomic mass is 10.1. The maximum absolute atomic E-state index is 12.7. The molecule has 0 fully saturated rings. The van der Waals surface area contributed by atoms with Gasteiger partial charge in [-0.15, -0.1) is 0 Å². The zero-order valence-electron chi connectivity index (χ0n) is 15.4. The Labute approximate surface area is 166 Å². The van der Waals surface area contributed by atoms with Crippen molar-refractivity contribution in [3.8, 4) is 11.3 Å². The summed E-state index contributed by atoms with van der Waals surface area (Å²) in [5.74, 6) is 0.656. The van der Waals surface area contributed by atoms with Crippen molar-refractivity contribution >= 4 is 34.4 Å². The summed E-state index contributed by atoms with van der Waals surface area (Å²) in [6, 6.07) is 14.1. The first kappa shape index (κ1) is 18.4. The molecule has 29 heavy (non-hydrogen) atoms. The minimum absolute atomic E-state index is 0.0108. The van der Waals surface area contributed by atoms with Crippen molar-refractivity contribution in [2.75, 3.05) is 29.5 Å². The number of imidazole rings is 1. The third-order valence-corrected chi connectivity index (χ3v) is 4.21. The number of nitrogen functional groups attached to an aromatic ring is 1. The van der Waals surface area contributed by atoms with Crippen LogP contribution in [0, 0.1) is 0 Å².